The molecule has 33 heavy (non-hydrogen) atoms. The van der Waals surface area contributed by atoms with Crippen molar-refractivity contribution >= 4 is 56.5 Å². The number of nitrogens with one attached hydrogen (secondary N) is 1. The predicted molar refractivity (Wildman–Crippen MR) is 136 cm³/mol. The Hall–Kier alpha value is -2.78. The minimum Gasteiger partial charge on any atom is -0.337 e. The number of benzene rings is 1. The highest BCUT2D eigenvalue weighted by Gasteiger charge is 2.21. The first kappa shape index (κ1) is 22.0. The minimum absolute atomic E-state index is 0.0118. The van der Waals surface area contributed by atoms with Crippen LogP contribution in [0.3, 0.4) is 0 Å². The number of fused-ring (bicyclic) bond motifs is 1. The molecule has 9 heteroatoms. The van der Waals surface area contributed by atoms with Crippen LogP contribution in [0, 0.1) is 0 Å². The molecular weight excluding hydrogens is 476 g/mol. The van der Waals surface area contributed by atoms with Crippen LogP contribution in [0.25, 0.3) is 26.7 Å². The van der Waals surface area contributed by atoms with Crippen molar-refractivity contribution in [2.45, 2.75) is 6.54 Å². The summed E-state index contributed by atoms with van der Waals surface area (Å²) in [5.74, 6) is 0.648. The van der Waals surface area contributed by atoms with E-state index in [1.165, 1.54) is 11.3 Å². The Balaban J connectivity index is 1.21. The molecule has 6 nitrogen and oxygen atoms in total. The van der Waals surface area contributed by atoms with Crippen LogP contribution in [0.2, 0.25) is 5.02 Å². The van der Waals surface area contributed by atoms with E-state index >= 15 is 0 Å². The molecule has 0 bridgehead atoms. The van der Waals surface area contributed by atoms with Crippen molar-refractivity contribution in [1.82, 2.24) is 19.8 Å². The third kappa shape index (κ3) is 4.94. The highest BCUT2D eigenvalue weighted by atomic mass is 35.5. The van der Waals surface area contributed by atoms with Gasteiger partial charge < -0.3 is 9.88 Å². The van der Waals surface area contributed by atoms with E-state index in [-0.39, 0.29) is 11.5 Å². The third-order valence-corrected chi connectivity index (χ3v) is 7.61. The monoisotopic (exact) mass is 496 g/mol. The van der Waals surface area contributed by atoms with E-state index in [4.69, 9.17) is 16.6 Å². The zero-order valence-electron chi connectivity index (χ0n) is 17.7. The standard InChI is InChI=1S/C24H21ClN4O2S2/c25-17-4-1-3-16(13-17)6-7-21(30)29-10-8-28(9-11-29)14-20-26-23(31)22-18(15-33-24(22)27-20)19-5-2-12-32-19/h1-7,12-13,15H,8-11,14H2,(H,26,27,31). The number of aromatic nitrogens is 2. The van der Waals surface area contributed by atoms with Gasteiger partial charge in [0.25, 0.3) is 5.56 Å². The number of piperazine rings is 1. The van der Waals surface area contributed by atoms with Gasteiger partial charge in [0.1, 0.15) is 10.7 Å². The van der Waals surface area contributed by atoms with Gasteiger partial charge in [0.15, 0.2) is 0 Å². The quantitative estimate of drug-likeness (QED) is 0.406. The van der Waals surface area contributed by atoms with E-state index in [1.54, 1.807) is 29.6 Å². The van der Waals surface area contributed by atoms with Crippen LogP contribution in [0.15, 0.2) is 58.0 Å². The SMILES string of the molecule is O=C(C=Cc1cccc(Cl)c1)N1CCN(Cc2nc3scc(-c4cccs4)c3c(=O)[nH]2)CC1. The van der Waals surface area contributed by atoms with Gasteiger partial charge >= 0.3 is 0 Å². The molecule has 4 aromatic rings. The second kappa shape index (κ2) is 9.61. The molecule has 1 aliphatic heterocycles. The van der Waals surface area contributed by atoms with E-state index in [1.807, 2.05) is 46.0 Å². The van der Waals surface area contributed by atoms with Crippen molar-refractivity contribution in [2.75, 3.05) is 26.2 Å². The number of H-pyrrole nitrogens is 1. The van der Waals surface area contributed by atoms with Crippen LogP contribution in [0.5, 0.6) is 0 Å². The van der Waals surface area contributed by atoms with Crippen LogP contribution in [-0.2, 0) is 11.3 Å². The number of hydrogen-bond donors (Lipinski definition) is 1. The lowest BCUT2D eigenvalue weighted by atomic mass is 10.2. The average molecular weight is 497 g/mol. The number of hydrogen-bond acceptors (Lipinski definition) is 6. The summed E-state index contributed by atoms with van der Waals surface area (Å²) in [5, 5.41) is 5.32. The van der Waals surface area contributed by atoms with Crippen LogP contribution < -0.4 is 5.56 Å². The van der Waals surface area contributed by atoms with Gasteiger partial charge in [-0.05, 0) is 35.2 Å². The van der Waals surface area contributed by atoms with Crippen LogP contribution in [0.4, 0.5) is 0 Å². The van der Waals surface area contributed by atoms with Gasteiger partial charge in [0.05, 0.1) is 11.9 Å². The fraction of sp³-hybridized carbons (Fsp3) is 0.208. The lowest BCUT2D eigenvalue weighted by Crippen LogP contribution is -2.48. The molecule has 0 radical (unpaired) electrons. The molecule has 1 aromatic carbocycles. The number of halogens is 1. The molecule has 1 N–H and O–H groups in total. The molecule has 0 saturated carbocycles. The Morgan fingerprint density at radius 1 is 1.15 bits per heavy atom. The molecule has 1 aliphatic rings. The van der Waals surface area contributed by atoms with Crippen LogP contribution in [-0.4, -0.2) is 51.9 Å². The second-order valence-corrected chi connectivity index (χ2v) is 10.1. The van der Waals surface area contributed by atoms with Crippen molar-refractivity contribution < 1.29 is 4.79 Å². The predicted octanol–water partition coefficient (Wildman–Crippen LogP) is 4.72. The van der Waals surface area contributed by atoms with Gasteiger partial charge in [-0.3, -0.25) is 14.5 Å². The molecule has 1 saturated heterocycles. The molecular formula is C24H21ClN4O2S2. The van der Waals surface area contributed by atoms with E-state index in [2.05, 4.69) is 9.88 Å². The topological polar surface area (TPSA) is 69.3 Å². The fourth-order valence-corrected chi connectivity index (χ4v) is 5.88. The highest BCUT2D eigenvalue weighted by molar-refractivity contribution is 7.18. The molecule has 1 amide bonds. The maximum atomic E-state index is 12.8. The summed E-state index contributed by atoms with van der Waals surface area (Å²) in [4.78, 5) is 38.9. The number of carbonyl (C=O) groups excluding carboxylic acids is 1. The zero-order chi connectivity index (χ0) is 22.8. The third-order valence-electron chi connectivity index (χ3n) is 5.60. The van der Waals surface area contributed by atoms with Gasteiger partial charge in [-0.15, -0.1) is 22.7 Å². The van der Waals surface area contributed by atoms with Crippen LogP contribution in [0.1, 0.15) is 11.4 Å². The molecule has 1 fully saturated rings. The summed E-state index contributed by atoms with van der Waals surface area (Å²) in [6.45, 7) is 3.27. The van der Waals surface area contributed by atoms with Gasteiger partial charge in [-0.25, -0.2) is 4.98 Å². The van der Waals surface area contributed by atoms with Gasteiger partial charge in [0.2, 0.25) is 5.91 Å². The number of carbonyl (C=O) groups is 1. The Bertz CT molecular complexity index is 1370. The number of aromatic amines is 1. The van der Waals surface area contributed by atoms with E-state index in [9.17, 15) is 9.59 Å². The highest BCUT2D eigenvalue weighted by Crippen LogP contribution is 2.33. The first-order chi connectivity index (χ1) is 16.1. The Morgan fingerprint density at radius 3 is 2.76 bits per heavy atom. The van der Waals surface area contributed by atoms with Gasteiger partial charge in [0, 0.05) is 53.1 Å². The fourth-order valence-electron chi connectivity index (χ4n) is 3.90. The number of rotatable bonds is 5. The number of amides is 1. The van der Waals surface area contributed by atoms with E-state index in [0.29, 0.717) is 35.9 Å². The first-order valence-electron chi connectivity index (χ1n) is 10.6. The van der Waals surface area contributed by atoms with Gasteiger partial charge in [-0.2, -0.15) is 0 Å². The maximum Gasteiger partial charge on any atom is 0.260 e. The molecule has 0 unspecified atom stereocenters. The molecule has 5 rings (SSSR count). The Morgan fingerprint density at radius 2 is 2.00 bits per heavy atom. The normalized spacial score (nSPS) is 15.0. The molecule has 0 atom stereocenters. The van der Waals surface area contributed by atoms with Crippen molar-refractivity contribution in [2.24, 2.45) is 0 Å². The maximum absolute atomic E-state index is 12.8. The summed E-state index contributed by atoms with van der Waals surface area (Å²) in [5.41, 5.74) is 1.75. The summed E-state index contributed by atoms with van der Waals surface area (Å²) in [6, 6.07) is 11.4. The lowest BCUT2D eigenvalue weighted by Gasteiger charge is -2.33. The second-order valence-electron chi connectivity index (χ2n) is 7.81. The number of nitrogens with zero attached hydrogens (tertiary/aromatic N) is 3. The van der Waals surface area contributed by atoms with E-state index in [0.717, 1.165) is 33.9 Å². The van der Waals surface area contributed by atoms with Crippen LogP contribution >= 0.6 is 34.3 Å². The molecule has 0 spiro atoms. The van der Waals surface area contributed by atoms with Crippen molar-refractivity contribution in [3.8, 4) is 10.4 Å². The zero-order valence-corrected chi connectivity index (χ0v) is 20.1. The Kier molecular flexibility index (Phi) is 6.41. The largest absolute Gasteiger partial charge is 0.337 e. The minimum atomic E-state index is -0.0976. The molecule has 168 valence electrons. The summed E-state index contributed by atoms with van der Waals surface area (Å²) in [6.07, 6.45) is 3.38. The number of thiophene rings is 2. The van der Waals surface area contributed by atoms with Crippen molar-refractivity contribution in [1.29, 1.82) is 0 Å². The molecule has 0 aliphatic carbocycles. The average Bonchev–Trinajstić information content (AvgIpc) is 3.48. The van der Waals surface area contributed by atoms with E-state index < -0.39 is 0 Å². The van der Waals surface area contributed by atoms with Gasteiger partial charge in [-0.1, -0.05) is 29.8 Å². The van der Waals surface area contributed by atoms with Crippen molar-refractivity contribution in [3.05, 3.63) is 80.0 Å². The summed E-state index contributed by atoms with van der Waals surface area (Å²) in [7, 11) is 0. The molecule has 3 aromatic heterocycles. The Labute approximate surface area is 203 Å². The summed E-state index contributed by atoms with van der Waals surface area (Å²) >= 11 is 9.11. The smallest absolute Gasteiger partial charge is 0.260 e. The lowest BCUT2D eigenvalue weighted by molar-refractivity contribution is -0.127. The van der Waals surface area contributed by atoms with Crippen molar-refractivity contribution in [3.63, 3.8) is 0 Å². The summed E-state index contributed by atoms with van der Waals surface area (Å²) < 4.78 is 0. The first-order valence-corrected chi connectivity index (χ1v) is 12.7. The molecule has 4 heterocycles.